The number of carbonyl (C=O) groups is 2. The minimum absolute atomic E-state index is 0.151. The van der Waals surface area contributed by atoms with Gasteiger partial charge in [0.05, 0.1) is 13.1 Å². The first-order valence-corrected chi connectivity index (χ1v) is 15.5. The summed E-state index contributed by atoms with van der Waals surface area (Å²) in [6.45, 7) is 2.25. The first kappa shape index (κ1) is 36.5. The summed E-state index contributed by atoms with van der Waals surface area (Å²) in [5, 5.41) is 0. The molecule has 2 unspecified atom stereocenters. The van der Waals surface area contributed by atoms with E-state index in [0.717, 1.165) is 48.2 Å². The molecule has 2 atom stereocenters. The fourth-order valence-corrected chi connectivity index (χ4v) is 4.36. The van der Waals surface area contributed by atoms with Gasteiger partial charge in [-0.05, 0) is 74.2 Å². The Balaban J connectivity index is 1.98. The second kappa shape index (κ2) is 21.1. The molecular formula is C34H52N6O4. The number of carbonyl (C=O) groups excluding carboxylic acids is 2. The average molecular weight is 609 g/mol. The van der Waals surface area contributed by atoms with Crippen LogP contribution in [0.1, 0.15) is 49.7 Å². The number of anilines is 2. The molecule has 0 fully saturated rings. The first-order chi connectivity index (χ1) is 21.2. The Kier molecular flexibility index (Phi) is 17.5. The molecular weight excluding hydrogens is 556 g/mol. The number of hydrogen-bond acceptors (Lipinski definition) is 10. The smallest absolute Gasteiger partial charge is 0.322 e. The Morgan fingerprint density at radius 2 is 1.09 bits per heavy atom. The molecule has 0 aliphatic carbocycles. The highest BCUT2D eigenvalue weighted by atomic mass is 16.5. The second-order valence-electron chi connectivity index (χ2n) is 10.9. The topological polar surface area (TPSA) is 163 Å². The minimum atomic E-state index is -0.672. The van der Waals surface area contributed by atoms with Gasteiger partial charge in [0.15, 0.2) is 0 Å². The maximum atomic E-state index is 12.3. The molecule has 2 rings (SSSR count). The van der Waals surface area contributed by atoms with Crippen LogP contribution in [0.4, 0.5) is 11.4 Å². The molecule has 0 spiro atoms. The average Bonchev–Trinajstić information content (AvgIpc) is 3.02. The standard InChI is InChI=1S/C34H52N6O4/c1-39(2)29-17-13-27(14-18-29)9-3-4-10-28-15-19-30(20-16-28)40(23-25-43-33(41)31(37)11-5-7-21-35)24-26-44-34(42)32(38)12-6-8-22-36/h3-4,9-10,13-20,31-32H,5-8,11-12,21-26,35-38H2,1-2H3. The van der Waals surface area contributed by atoms with Gasteiger partial charge < -0.3 is 42.2 Å². The van der Waals surface area contributed by atoms with Gasteiger partial charge in [0.2, 0.25) is 0 Å². The van der Waals surface area contributed by atoms with Crippen molar-refractivity contribution in [3.05, 3.63) is 71.8 Å². The second-order valence-corrected chi connectivity index (χ2v) is 10.9. The normalized spacial score (nSPS) is 12.8. The molecule has 0 heterocycles. The molecule has 44 heavy (non-hydrogen) atoms. The van der Waals surface area contributed by atoms with E-state index >= 15 is 0 Å². The zero-order valence-corrected chi connectivity index (χ0v) is 26.4. The fourth-order valence-electron chi connectivity index (χ4n) is 4.36. The molecule has 2 aromatic rings. The number of allylic oxidation sites excluding steroid dienone is 2. The van der Waals surface area contributed by atoms with Crippen molar-refractivity contribution >= 4 is 35.5 Å². The van der Waals surface area contributed by atoms with Gasteiger partial charge in [-0.15, -0.1) is 0 Å². The number of esters is 2. The zero-order valence-electron chi connectivity index (χ0n) is 26.4. The molecule has 0 saturated carbocycles. The molecule has 0 aromatic heterocycles. The number of unbranched alkanes of at least 4 members (excludes halogenated alkanes) is 2. The Hall–Kier alpha value is -3.70. The van der Waals surface area contributed by atoms with Crippen molar-refractivity contribution in [2.24, 2.45) is 22.9 Å². The van der Waals surface area contributed by atoms with E-state index in [1.165, 1.54) is 0 Å². The molecule has 0 aliphatic heterocycles. The molecule has 242 valence electrons. The van der Waals surface area contributed by atoms with Crippen LogP contribution in [-0.2, 0) is 19.1 Å². The highest BCUT2D eigenvalue weighted by molar-refractivity contribution is 5.76. The van der Waals surface area contributed by atoms with Crippen LogP contribution in [-0.4, -0.2) is 77.5 Å². The summed E-state index contributed by atoms with van der Waals surface area (Å²) >= 11 is 0. The number of ether oxygens (including phenoxy) is 2. The van der Waals surface area contributed by atoms with Gasteiger partial charge in [0.25, 0.3) is 0 Å². The van der Waals surface area contributed by atoms with E-state index in [1.807, 2.05) is 61.5 Å². The van der Waals surface area contributed by atoms with Gasteiger partial charge >= 0.3 is 11.9 Å². The Morgan fingerprint density at radius 3 is 1.48 bits per heavy atom. The Labute approximate surface area is 263 Å². The van der Waals surface area contributed by atoms with Crippen molar-refractivity contribution in [1.82, 2.24) is 0 Å². The minimum Gasteiger partial charge on any atom is -0.463 e. The molecule has 0 amide bonds. The molecule has 0 saturated heterocycles. The molecule has 2 aromatic carbocycles. The third-order valence-electron chi connectivity index (χ3n) is 7.11. The van der Waals surface area contributed by atoms with Gasteiger partial charge in [0.1, 0.15) is 25.3 Å². The summed E-state index contributed by atoms with van der Waals surface area (Å²) in [5.41, 5.74) is 27.2. The summed E-state index contributed by atoms with van der Waals surface area (Å²) in [5.74, 6) is -0.863. The summed E-state index contributed by atoms with van der Waals surface area (Å²) in [6, 6.07) is 15.0. The monoisotopic (exact) mass is 608 g/mol. The van der Waals surface area contributed by atoms with Crippen molar-refractivity contribution in [2.45, 2.75) is 50.6 Å². The van der Waals surface area contributed by atoms with E-state index in [-0.39, 0.29) is 13.2 Å². The number of nitrogens with zero attached hydrogens (tertiary/aromatic N) is 2. The molecule has 8 N–H and O–H groups in total. The Morgan fingerprint density at radius 1 is 0.682 bits per heavy atom. The molecule has 0 radical (unpaired) electrons. The quantitative estimate of drug-likeness (QED) is 0.0939. The summed E-state index contributed by atoms with van der Waals surface area (Å²) in [7, 11) is 4.04. The van der Waals surface area contributed by atoms with E-state index in [4.69, 9.17) is 32.4 Å². The van der Waals surface area contributed by atoms with Crippen LogP contribution in [0.25, 0.3) is 12.2 Å². The predicted octanol–water partition coefficient (Wildman–Crippen LogP) is 3.28. The number of nitrogens with two attached hydrogens (primary N) is 4. The number of hydrogen-bond donors (Lipinski definition) is 4. The lowest BCUT2D eigenvalue weighted by Crippen LogP contribution is -2.37. The van der Waals surface area contributed by atoms with E-state index in [0.29, 0.717) is 39.0 Å². The highest BCUT2D eigenvalue weighted by Gasteiger charge is 2.17. The molecule has 0 aliphatic rings. The third kappa shape index (κ3) is 14.2. The van der Waals surface area contributed by atoms with Crippen LogP contribution in [0.2, 0.25) is 0 Å². The Bertz CT molecular complexity index is 1120. The van der Waals surface area contributed by atoms with Crippen LogP contribution in [0.5, 0.6) is 0 Å². The van der Waals surface area contributed by atoms with Crippen molar-refractivity contribution in [3.63, 3.8) is 0 Å². The van der Waals surface area contributed by atoms with Gasteiger partial charge in [0, 0.05) is 25.5 Å². The van der Waals surface area contributed by atoms with Gasteiger partial charge in [-0.3, -0.25) is 9.59 Å². The molecule has 10 nitrogen and oxygen atoms in total. The largest absolute Gasteiger partial charge is 0.463 e. The molecule has 0 bridgehead atoms. The maximum absolute atomic E-state index is 12.3. The summed E-state index contributed by atoms with van der Waals surface area (Å²) in [6.07, 6.45) is 12.4. The third-order valence-corrected chi connectivity index (χ3v) is 7.11. The molecule has 10 heteroatoms. The van der Waals surface area contributed by atoms with Crippen LogP contribution < -0.4 is 32.7 Å². The lowest BCUT2D eigenvalue weighted by atomic mass is 10.1. The lowest BCUT2D eigenvalue weighted by molar-refractivity contribution is -0.145. The lowest BCUT2D eigenvalue weighted by Gasteiger charge is -2.25. The fraction of sp³-hybridized carbons (Fsp3) is 0.471. The van der Waals surface area contributed by atoms with E-state index in [9.17, 15) is 9.59 Å². The van der Waals surface area contributed by atoms with Crippen molar-refractivity contribution in [1.29, 1.82) is 0 Å². The summed E-state index contributed by atoms with van der Waals surface area (Å²) in [4.78, 5) is 28.8. The van der Waals surface area contributed by atoms with Gasteiger partial charge in [-0.1, -0.05) is 61.4 Å². The van der Waals surface area contributed by atoms with Gasteiger partial charge in [-0.25, -0.2) is 0 Å². The van der Waals surface area contributed by atoms with E-state index < -0.39 is 24.0 Å². The SMILES string of the molecule is CN(C)c1ccc(C=CC=Cc2ccc(N(CCOC(=O)C(N)CCCCN)CCOC(=O)C(N)CCCCN)cc2)cc1. The number of rotatable bonds is 21. The maximum Gasteiger partial charge on any atom is 0.322 e. The van der Waals surface area contributed by atoms with Crippen molar-refractivity contribution in [3.8, 4) is 0 Å². The zero-order chi connectivity index (χ0) is 32.2. The first-order valence-electron chi connectivity index (χ1n) is 15.5. The van der Waals surface area contributed by atoms with E-state index in [1.54, 1.807) is 0 Å². The van der Waals surface area contributed by atoms with Crippen LogP contribution in [0.15, 0.2) is 60.7 Å². The van der Waals surface area contributed by atoms with Crippen LogP contribution >= 0.6 is 0 Å². The van der Waals surface area contributed by atoms with Crippen molar-refractivity contribution in [2.75, 3.05) is 63.3 Å². The van der Waals surface area contributed by atoms with Crippen LogP contribution in [0, 0.1) is 0 Å². The predicted molar refractivity (Wildman–Crippen MR) is 181 cm³/mol. The van der Waals surface area contributed by atoms with Crippen molar-refractivity contribution < 1.29 is 19.1 Å². The van der Waals surface area contributed by atoms with Crippen LogP contribution in [0.3, 0.4) is 0 Å². The number of benzene rings is 2. The van der Waals surface area contributed by atoms with E-state index in [2.05, 4.69) is 35.2 Å². The summed E-state index contributed by atoms with van der Waals surface area (Å²) < 4.78 is 10.9. The highest BCUT2D eigenvalue weighted by Crippen LogP contribution is 2.17. The van der Waals surface area contributed by atoms with Gasteiger partial charge in [-0.2, -0.15) is 0 Å².